The van der Waals surface area contributed by atoms with Crippen LogP contribution in [0.4, 0.5) is 0 Å². The maximum Gasteiger partial charge on any atom is 0.346 e. The predicted molar refractivity (Wildman–Crippen MR) is 107 cm³/mol. The maximum absolute atomic E-state index is 12.3. The number of hydrogen-bond acceptors (Lipinski definition) is 3. The highest BCUT2D eigenvalue weighted by Crippen LogP contribution is 2.37. The van der Waals surface area contributed by atoms with Gasteiger partial charge in [0.25, 0.3) is 0 Å². The first kappa shape index (κ1) is 16.8. The van der Waals surface area contributed by atoms with Crippen LogP contribution in [-0.2, 0) is 0 Å². The molecule has 0 aliphatic heterocycles. The summed E-state index contributed by atoms with van der Waals surface area (Å²) in [5, 5.41) is 0. The smallest absolute Gasteiger partial charge is 0.346 e. The van der Waals surface area contributed by atoms with Crippen molar-refractivity contribution in [1.29, 1.82) is 0 Å². The van der Waals surface area contributed by atoms with Gasteiger partial charge in [0.2, 0.25) is 0 Å². The standard InChI is InChI=1S/C23H18N2O2/c1-16-12-14-19(15-13-16)27-22-20(17-8-4-2-5-9-17)24-23(26)25-21(22)18-10-6-3-7-11-18/h2-15H,1H3,(H,24,25,26). The van der Waals surface area contributed by atoms with Gasteiger partial charge < -0.3 is 9.72 Å². The third-order valence-electron chi connectivity index (χ3n) is 4.24. The van der Waals surface area contributed by atoms with E-state index in [1.54, 1.807) is 0 Å². The molecule has 0 atom stereocenters. The molecule has 1 N–H and O–H groups in total. The van der Waals surface area contributed by atoms with Crippen LogP contribution >= 0.6 is 0 Å². The average Bonchev–Trinajstić information content (AvgIpc) is 2.72. The number of aryl methyl sites for hydroxylation is 1. The summed E-state index contributed by atoms with van der Waals surface area (Å²) in [7, 11) is 0. The van der Waals surface area contributed by atoms with Crippen LogP contribution in [0.25, 0.3) is 22.5 Å². The Bertz CT molecular complexity index is 1040. The summed E-state index contributed by atoms with van der Waals surface area (Å²) < 4.78 is 6.23. The molecule has 4 rings (SSSR count). The molecule has 4 heteroatoms. The molecule has 3 aromatic carbocycles. The van der Waals surface area contributed by atoms with E-state index >= 15 is 0 Å². The molecule has 132 valence electrons. The normalized spacial score (nSPS) is 10.6. The van der Waals surface area contributed by atoms with Crippen LogP contribution in [0, 0.1) is 6.92 Å². The van der Waals surface area contributed by atoms with Crippen LogP contribution in [0.15, 0.2) is 89.7 Å². The summed E-state index contributed by atoms with van der Waals surface area (Å²) >= 11 is 0. The van der Waals surface area contributed by atoms with E-state index in [9.17, 15) is 4.79 Å². The number of aromatic nitrogens is 2. The van der Waals surface area contributed by atoms with Crippen molar-refractivity contribution in [3.05, 3.63) is 101 Å². The van der Waals surface area contributed by atoms with Gasteiger partial charge in [0.05, 0.1) is 5.69 Å². The third kappa shape index (κ3) is 3.65. The molecular formula is C23H18N2O2. The SMILES string of the molecule is Cc1ccc(Oc2c(-c3ccccc3)nc(=O)[nH]c2-c2ccccc2)cc1. The highest BCUT2D eigenvalue weighted by molar-refractivity contribution is 5.77. The van der Waals surface area contributed by atoms with Gasteiger partial charge in [-0.3, -0.25) is 0 Å². The zero-order valence-electron chi connectivity index (χ0n) is 14.8. The van der Waals surface area contributed by atoms with Gasteiger partial charge in [0.1, 0.15) is 11.4 Å². The van der Waals surface area contributed by atoms with Crippen LogP contribution in [0.1, 0.15) is 5.56 Å². The largest absolute Gasteiger partial charge is 0.453 e. The van der Waals surface area contributed by atoms with Gasteiger partial charge in [0, 0.05) is 11.1 Å². The van der Waals surface area contributed by atoms with Gasteiger partial charge >= 0.3 is 5.69 Å². The van der Waals surface area contributed by atoms with Crippen molar-refractivity contribution in [1.82, 2.24) is 9.97 Å². The number of nitrogens with one attached hydrogen (secondary N) is 1. The summed E-state index contributed by atoms with van der Waals surface area (Å²) in [5.74, 6) is 1.21. The second-order valence-electron chi connectivity index (χ2n) is 6.24. The van der Waals surface area contributed by atoms with Crippen LogP contribution in [0.5, 0.6) is 11.5 Å². The van der Waals surface area contributed by atoms with Crippen molar-refractivity contribution in [3.63, 3.8) is 0 Å². The van der Waals surface area contributed by atoms with Gasteiger partial charge in [0.15, 0.2) is 5.75 Å². The predicted octanol–water partition coefficient (Wildman–Crippen LogP) is 5.20. The summed E-state index contributed by atoms with van der Waals surface area (Å²) in [4.78, 5) is 19.3. The zero-order chi connectivity index (χ0) is 18.6. The molecule has 0 saturated heterocycles. The lowest BCUT2D eigenvalue weighted by atomic mass is 10.1. The molecule has 0 fully saturated rings. The maximum atomic E-state index is 12.3. The Morgan fingerprint density at radius 1 is 0.778 bits per heavy atom. The second kappa shape index (κ2) is 7.30. The lowest BCUT2D eigenvalue weighted by Gasteiger charge is -2.15. The minimum atomic E-state index is -0.413. The number of H-pyrrole nitrogens is 1. The first-order valence-electron chi connectivity index (χ1n) is 8.70. The zero-order valence-corrected chi connectivity index (χ0v) is 14.8. The molecule has 1 aromatic heterocycles. The fourth-order valence-corrected chi connectivity index (χ4v) is 2.89. The third-order valence-corrected chi connectivity index (χ3v) is 4.24. The van der Waals surface area contributed by atoms with E-state index in [2.05, 4.69) is 9.97 Å². The van der Waals surface area contributed by atoms with Gasteiger partial charge in [-0.2, -0.15) is 4.98 Å². The molecule has 0 saturated carbocycles. The first-order valence-corrected chi connectivity index (χ1v) is 8.70. The highest BCUT2D eigenvalue weighted by Gasteiger charge is 2.18. The Morgan fingerprint density at radius 3 is 2.00 bits per heavy atom. The monoisotopic (exact) mass is 354 g/mol. The Kier molecular flexibility index (Phi) is 4.54. The molecule has 0 bridgehead atoms. The van der Waals surface area contributed by atoms with Crippen molar-refractivity contribution >= 4 is 0 Å². The molecule has 1 heterocycles. The van der Waals surface area contributed by atoms with Crippen molar-refractivity contribution < 1.29 is 4.74 Å². The van der Waals surface area contributed by atoms with Crippen molar-refractivity contribution in [2.75, 3.05) is 0 Å². The van der Waals surface area contributed by atoms with Gasteiger partial charge in [-0.05, 0) is 19.1 Å². The van der Waals surface area contributed by atoms with E-state index in [-0.39, 0.29) is 0 Å². The topological polar surface area (TPSA) is 55.0 Å². The Morgan fingerprint density at radius 2 is 1.37 bits per heavy atom. The Labute approximate surface area is 157 Å². The molecule has 0 radical (unpaired) electrons. The van der Waals surface area contributed by atoms with Crippen molar-refractivity contribution in [2.45, 2.75) is 6.92 Å². The van der Waals surface area contributed by atoms with E-state index in [0.29, 0.717) is 22.9 Å². The Balaban J connectivity index is 1.94. The molecule has 27 heavy (non-hydrogen) atoms. The van der Waals surface area contributed by atoms with Crippen LogP contribution in [0.2, 0.25) is 0 Å². The summed E-state index contributed by atoms with van der Waals surface area (Å²) in [6.45, 7) is 2.02. The van der Waals surface area contributed by atoms with E-state index in [1.165, 1.54) is 0 Å². The van der Waals surface area contributed by atoms with E-state index in [1.807, 2.05) is 91.9 Å². The summed E-state index contributed by atoms with van der Waals surface area (Å²) in [6, 6.07) is 27.0. The minimum absolute atomic E-state index is 0.413. The molecular weight excluding hydrogens is 336 g/mol. The van der Waals surface area contributed by atoms with E-state index in [0.717, 1.165) is 16.7 Å². The number of ether oxygens (including phenoxy) is 1. The number of nitrogens with zero attached hydrogens (tertiary/aromatic N) is 1. The van der Waals surface area contributed by atoms with Gasteiger partial charge in [-0.15, -0.1) is 0 Å². The number of aromatic amines is 1. The fourth-order valence-electron chi connectivity index (χ4n) is 2.89. The van der Waals surface area contributed by atoms with E-state index < -0.39 is 5.69 Å². The molecule has 4 aromatic rings. The average molecular weight is 354 g/mol. The van der Waals surface area contributed by atoms with Gasteiger partial charge in [-0.25, -0.2) is 4.79 Å². The van der Waals surface area contributed by atoms with E-state index in [4.69, 9.17) is 4.74 Å². The van der Waals surface area contributed by atoms with Gasteiger partial charge in [-0.1, -0.05) is 78.4 Å². The molecule has 4 nitrogen and oxygen atoms in total. The molecule has 0 spiro atoms. The highest BCUT2D eigenvalue weighted by atomic mass is 16.5. The number of rotatable bonds is 4. The number of hydrogen-bond donors (Lipinski definition) is 1. The lowest BCUT2D eigenvalue weighted by molar-refractivity contribution is 0.481. The lowest BCUT2D eigenvalue weighted by Crippen LogP contribution is -2.14. The van der Waals surface area contributed by atoms with Crippen LogP contribution < -0.4 is 10.4 Å². The number of benzene rings is 3. The van der Waals surface area contributed by atoms with Crippen LogP contribution in [-0.4, -0.2) is 9.97 Å². The summed E-state index contributed by atoms with van der Waals surface area (Å²) in [6.07, 6.45) is 0. The van der Waals surface area contributed by atoms with Crippen molar-refractivity contribution in [2.24, 2.45) is 0 Å². The Hall–Kier alpha value is -3.66. The quantitative estimate of drug-likeness (QED) is 0.548. The molecule has 0 aliphatic rings. The first-order chi connectivity index (χ1) is 13.2. The van der Waals surface area contributed by atoms with Crippen molar-refractivity contribution in [3.8, 4) is 34.0 Å². The van der Waals surface area contributed by atoms with Crippen LogP contribution in [0.3, 0.4) is 0 Å². The molecule has 0 unspecified atom stereocenters. The summed E-state index contributed by atoms with van der Waals surface area (Å²) in [5.41, 5.74) is 3.53. The minimum Gasteiger partial charge on any atom is -0.453 e. The fraction of sp³-hybridized carbons (Fsp3) is 0.0435. The second-order valence-corrected chi connectivity index (χ2v) is 6.24. The molecule has 0 amide bonds. The molecule has 0 aliphatic carbocycles.